The van der Waals surface area contributed by atoms with Crippen molar-refractivity contribution in [3.63, 3.8) is 0 Å². The fourth-order valence-electron chi connectivity index (χ4n) is 21.4. The Labute approximate surface area is 870 Å². The number of aromatic nitrogens is 5. The Hall–Kier alpha value is -16.2. The normalized spacial score (nSPS) is 12.0. The van der Waals surface area contributed by atoms with Gasteiger partial charge in [-0.15, -0.1) is 11.3 Å². The van der Waals surface area contributed by atoms with E-state index in [1.54, 1.807) is 0 Å². The topological polar surface area (TPSA) is 44.3 Å². The van der Waals surface area contributed by atoms with Gasteiger partial charge >= 0.3 is 0 Å². The van der Waals surface area contributed by atoms with Gasteiger partial charge in [0.25, 0.3) is 0 Å². The molecule has 0 N–H and O–H groups in total. The molecule has 0 aliphatic carbocycles. The number of hydrogen-bond acceptors (Lipinski definition) is 4. The first kappa shape index (κ1) is 99.5. The molecule has 5 heterocycles. The van der Waals surface area contributed by atoms with Gasteiger partial charge < -0.3 is 37.1 Å². The summed E-state index contributed by atoms with van der Waals surface area (Å²) in [6, 6.07) is 171. The van der Waals surface area contributed by atoms with Gasteiger partial charge in [0, 0.05) is 148 Å². The molecule has 0 atom stereocenters. The minimum Gasteiger partial charge on any atom is -0.455 e. The molecule has 0 amide bonds. The summed E-state index contributed by atoms with van der Waals surface area (Å²) < 4.78 is 21.1. The molecule has 0 unspecified atom stereocenters. The monoisotopic (exact) mass is 1940 g/mol. The van der Waals surface area contributed by atoms with Crippen LogP contribution in [0.15, 0.2) is 484 Å². The van der Waals surface area contributed by atoms with Crippen LogP contribution >= 0.6 is 11.3 Å². The van der Waals surface area contributed by atoms with E-state index in [9.17, 15) is 0 Å². The minimum atomic E-state index is -0.0964. The summed E-state index contributed by atoms with van der Waals surface area (Å²) in [7, 11) is 0. The molecule has 0 spiro atoms. The van der Waals surface area contributed by atoms with Gasteiger partial charge in [-0.2, -0.15) is 0 Å². The highest BCUT2D eigenvalue weighted by molar-refractivity contribution is 7.24. The minimum absolute atomic E-state index is 0.00570. The molecule has 19 aromatic carbocycles. The van der Waals surface area contributed by atoms with Crippen molar-refractivity contribution in [2.24, 2.45) is 0 Å². The molecule has 8 nitrogen and oxygen atoms in total. The highest BCUT2D eigenvalue weighted by Gasteiger charge is 2.33. The zero-order valence-electron chi connectivity index (χ0n) is 88.1. The molecule has 0 saturated heterocycles. The maximum absolute atomic E-state index is 6.32. The van der Waals surface area contributed by atoms with Crippen molar-refractivity contribution in [2.75, 3.05) is 9.80 Å². The highest BCUT2D eigenvalue weighted by atomic mass is 32.1. The van der Waals surface area contributed by atoms with E-state index in [0.29, 0.717) is 0 Å². The van der Waals surface area contributed by atoms with E-state index in [-0.39, 0.29) is 33.2 Å². The zero-order chi connectivity index (χ0) is 103. The lowest BCUT2D eigenvalue weighted by Crippen LogP contribution is -2.37. The van der Waals surface area contributed by atoms with E-state index >= 15 is 0 Å². The lowest BCUT2D eigenvalue weighted by Gasteiger charge is -2.39. The summed E-state index contributed by atoms with van der Waals surface area (Å²) in [6.07, 6.45) is 0. The molecule has 1 aliphatic rings. The third kappa shape index (κ3) is 20.7. The number of nitrogens with zero attached hydrogens (tertiary/aromatic N) is 7. The predicted molar refractivity (Wildman–Crippen MR) is 639 cm³/mol. The Morgan fingerprint density at radius 2 is 0.442 bits per heavy atom. The summed E-state index contributed by atoms with van der Waals surface area (Å²) in [5.74, 6) is 0. The summed E-state index contributed by atoms with van der Waals surface area (Å²) in [6.45, 7) is 40.7. The molecule has 0 saturated carbocycles. The molecule has 1 aliphatic heterocycles. The summed E-state index contributed by atoms with van der Waals surface area (Å²) in [5.41, 5.74) is 25.1. The van der Waals surface area contributed by atoms with Gasteiger partial charge in [0.15, 0.2) is 5.58 Å². The van der Waals surface area contributed by atoms with Crippen molar-refractivity contribution in [3.05, 3.63) is 479 Å². The van der Waals surface area contributed by atoms with E-state index in [1.807, 2.05) is 35.6 Å². The molecular weight excluding hydrogens is 1800 g/mol. The van der Waals surface area contributed by atoms with Crippen LogP contribution in [0, 0.1) is 0 Å². The van der Waals surface area contributed by atoms with Gasteiger partial charge in [0.1, 0.15) is 5.58 Å². The number of benzene rings is 19. The number of anilines is 4. The number of fused-ring (bicyclic) bond motifs is 24. The maximum atomic E-state index is 6.32. The third-order valence-electron chi connectivity index (χ3n) is 27.1. The third-order valence-corrected chi connectivity index (χ3v) is 28.3. The average molecular weight is 1940 g/mol. The second kappa shape index (κ2) is 41.9. The second-order valence-electron chi connectivity index (χ2n) is 43.8. The van der Waals surface area contributed by atoms with Crippen LogP contribution in [-0.2, 0) is 22.2 Å². The number of para-hydroxylation sites is 17. The van der Waals surface area contributed by atoms with Crippen LogP contribution in [0.25, 0.3) is 168 Å². The average Bonchev–Trinajstić information content (AvgIpc) is 0.762. The maximum Gasteiger partial charge on any atom is 0.151 e. The van der Waals surface area contributed by atoms with Crippen LogP contribution in [0.5, 0.6) is 0 Å². The Morgan fingerprint density at radius 3 is 0.857 bits per heavy atom. The van der Waals surface area contributed by atoms with E-state index in [4.69, 9.17) is 4.42 Å². The van der Waals surface area contributed by atoms with Crippen molar-refractivity contribution in [3.8, 4) is 27.9 Å². The first-order valence-corrected chi connectivity index (χ1v) is 52.3. The van der Waals surface area contributed by atoms with E-state index in [2.05, 4.69) is 612 Å². The lowest BCUT2D eigenvalue weighted by atomic mass is 9.95. The van der Waals surface area contributed by atoms with Crippen molar-refractivity contribution in [1.29, 1.82) is 0 Å². The van der Waals surface area contributed by atoms with E-state index < -0.39 is 0 Å². The van der Waals surface area contributed by atoms with Crippen LogP contribution in [0.4, 0.5) is 22.7 Å². The van der Waals surface area contributed by atoms with E-state index in [1.165, 1.54) is 163 Å². The van der Waals surface area contributed by atoms with E-state index in [0.717, 1.165) is 27.8 Å². The molecule has 0 fully saturated rings. The first-order chi connectivity index (χ1) is 70.9. The van der Waals surface area contributed by atoms with Crippen LogP contribution in [0.2, 0.25) is 0 Å². The van der Waals surface area contributed by atoms with Crippen molar-refractivity contribution in [2.45, 2.75) is 158 Å². The fraction of sp³-hybridized carbons (Fsp3) is 0.174. The Morgan fingerprint density at radius 1 is 0.184 bits per heavy atom. The van der Waals surface area contributed by atoms with Gasteiger partial charge in [0.2, 0.25) is 0 Å². The van der Waals surface area contributed by atoms with Gasteiger partial charge in [-0.3, -0.25) is 0 Å². The number of hydrogen-bond donors (Lipinski definition) is 0. The van der Waals surface area contributed by atoms with Gasteiger partial charge in [-0.25, -0.2) is 0 Å². The fourth-order valence-corrected chi connectivity index (χ4v) is 22.5. The number of rotatable bonds is 3. The SMILES string of the molecule is CC(C)(C)N(c1ccccc1)c1ccccc1.CC(C)(C)N1c2ccccc2-c2ccccc2-c2ccccc21.CC(C)(C)n1c2ccccc2c2ccccc2c2ccccc2c2ccccc21.CC(C)(C)n1c2ccccc2c2ccccc2n(-c2ccccc2)c2ccccc21.CC(C)(C)n1c2ccccc2oc2ccccc2c2ccccc21.CC(C)(C)n1c2ccccc2sc2ccccc2c2ccccc21. The molecule has 4 aromatic heterocycles. The van der Waals surface area contributed by atoms with Crippen molar-refractivity contribution in [1.82, 2.24) is 22.8 Å². The quantitative estimate of drug-likeness (QED) is 0.177. The molecule has 147 heavy (non-hydrogen) atoms. The first-order valence-electron chi connectivity index (χ1n) is 51.5. The van der Waals surface area contributed by atoms with Crippen molar-refractivity contribution < 1.29 is 4.42 Å². The molecule has 24 rings (SSSR count). The van der Waals surface area contributed by atoms with Gasteiger partial charge in [-0.1, -0.05) is 346 Å². The molecule has 732 valence electrons. The van der Waals surface area contributed by atoms with Crippen molar-refractivity contribution >= 4 is 174 Å². The Bertz CT molecular complexity index is 8620. The highest BCUT2D eigenvalue weighted by Crippen LogP contribution is 2.51. The Kier molecular flexibility index (Phi) is 28.3. The summed E-state index contributed by atoms with van der Waals surface area (Å²) >= 11 is 1.86. The van der Waals surface area contributed by atoms with Crippen LogP contribution in [-0.4, -0.2) is 33.9 Å². The Balaban J connectivity index is 0.000000112. The lowest BCUT2D eigenvalue weighted by molar-refractivity contribution is 0.420. The van der Waals surface area contributed by atoms with Crippen LogP contribution in [0.3, 0.4) is 0 Å². The van der Waals surface area contributed by atoms with Gasteiger partial charge in [0.05, 0.1) is 32.3 Å². The summed E-state index contributed by atoms with van der Waals surface area (Å²) in [5, 5.41) is 15.0. The smallest absolute Gasteiger partial charge is 0.151 e. The standard InChI is InChI=1S/C28H26N2.C28H25N.C22H21NO.C22H21NS.C22H21N.C16H19N/c1-28(2,3)30-25-18-10-8-16-23(25)22-15-7-9-17-24(22)29(21-13-5-4-6-14-21)26-19-11-12-20-27(26)30;1-28(2,3)29-26-18-10-8-16-24(26)22-14-6-4-12-20(22)21-13-5-7-15-23(21)25-17-9-11-19-27(25)29;2*1-22(2,3)23-18-12-6-4-10-16(18)17-11-5-8-14-20(17)24-21-15-9-7-13-19(21)23;1-22(2,3)23-20-14-8-6-12-18(20)16-10-4-5-11-17(16)19-13-7-9-15-21(19)23;1-16(2,3)17(14-10-6-4-7-11-14)15-12-8-5-9-13-15/h4-20H,1-3H3;4-19H,1-3H3;2*4-15H,1-3H3;4-15H,1-3H3;4-13H,1-3H3. The largest absolute Gasteiger partial charge is 0.455 e. The van der Waals surface area contributed by atoms with Gasteiger partial charge in [-0.05, 0) is 291 Å². The van der Waals surface area contributed by atoms with Crippen LogP contribution in [0.1, 0.15) is 125 Å². The molecular formula is C138H133N7OS. The second-order valence-corrected chi connectivity index (χ2v) is 44.9. The predicted octanol–water partition coefficient (Wildman–Crippen LogP) is 39.8. The molecule has 0 bridgehead atoms. The zero-order valence-corrected chi connectivity index (χ0v) is 88.9. The van der Waals surface area contributed by atoms with Crippen LogP contribution < -0.4 is 9.80 Å². The molecule has 0 radical (unpaired) electrons. The summed E-state index contributed by atoms with van der Waals surface area (Å²) in [4.78, 5) is 4.82. The molecule has 23 aromatic rings. The molecule has 9 heteroatoms.